The fourth-order valence-electron chi connectivity index (χ4n) is 2.61. The Hall–Kier alpha value is 0.260. The Labute approximate surface area is 99.3 Å². The highest BCUT2D eigenvalue weighted by atomic mass is 14.3. The van der Waals surface area contributed by atoms with Crippen LogP contribution in [-0.4, -0.2) is 28.7 Å². The van der Waals surface area contributed by atoms with Crippen LogP contribution in [0.3, 0.4) is 0 Å². The van der Waals surface area contributed by atoms with Crippen molar-refractivity contribution >= 4 is 28.7 Å². The molecular weight excluding hydrogens is 175 g/mol. The van der Waals surface area contributed by atoms with Crippen LogP contribution in [0, 0.1) is 0 Å². The van der Waals surface area contributed by atoms with E-state index in [-0.39, 0.29) is 5.31 Å². The topological polar surface area (TPSA) is 0 Å². The molecule has 78 valence electrons. The molecule has 0 aliphatic heterocycles. The van der Waals surface area contributed by atoms with Crippen molar-refractivity contribution in [3.63, 3.8) is 0 Å². The summed E-state index contributed by atoms with van der Waals surface area (Å²) in [6.45, 7) is 11.7. The number of rotatable bonds is 3. The first-order valence-electron chi connectivity index (χ1n) is 6.26. The van der Waals surface area contributed by atoms with Crippen LogP contribution in [0.2, 0.25) is 22.8 Å². The zero-order chi connectivity index (χ0) is 11.8. The third-order valence-corrected chi connectivity index (χ3v) is 4.11. The van der Waals surface area contributed by atoms with Gasteiger partial charge in [-0.3, -0.25) is 0 Å². The lowest BCUT2D eigenvalue weighted by molar-refractivity contribution is 0.474. The Morgan fingerprint density at radius 2 is 1.53 bits per heavy atom. The summed E-state index contributed by atoms with van der Waals surface area (Å²) < 4.78 is 0. The molecule has 0 N–H and O–H groups in total. The molecule has 2 unspecified atom stereocenters. The van der Waals surface area contributed by atoms with Gasteiger partial charge in [0.15, 0.2) is 0 Å². The maximum atomic E-state index is 6.33. The minimum Gasteiger partial charge on any atom is -0.0757 e. The van der Waals surface area contributed by atoms with Gasteiger partial charge in [0, 0.05) is 15.5 Å². The maximum absolute atomic E-state index is 6.33. The van der Waals surface area contributed by atoms with E-state index in [4.69, 9.17) is 15.5 Å². The van der Waals surface area contributed by atoms with E-state index in [2.05, 4.69) is 34.6 Å². The van der Waals surface area contributed by atoms with Crippen molar-refractivity contribution < 1.29 is 0 Å². The van der Waals surface area contributed by atoms with Gasteiger partial charge >= 0.3 is 0 Å². The summed E-state index contributed by atoms with van der Waals surface area (Å²) in [4.78, 5) is 0. The minimum absolute atomic E-state index is 0.208. The lowest BCUT2D eigenvalue weighted by Gasteiger charge is -2.48. The summed E-state index contributed by atoms with van der Waals surface area (Å²) in [5.41, 5.74) is 0. The van der Waals surface area contributed by atoms with Gasteiger partial charge in [-0.15, -0.1) is 0 Å². The molecule has 0 saturated heterocycles. The van der Waals surface area contributed by atoms with E-state index >= 15 is 0 Å². The molecule has 1 fully saturated rings. The fourth-order valence-corrected chi connectivity index (χ4v) is 2.61. The standard InChI is InChI=1S/C11H22B4/c1-8(2)14(12)9-6-7-10(9)15(13)11(3,4)5/h8-10H,6-7H2,1-5H3. The van der Waals surface area contributed by atoms with Crippen LogP contribution in [0.1, 0.15) is 47.5 Å². The summed E-state index contributed by atoms with van der Waals surface area (Å²) in [6, 6.07) is 0. The van der Waals surface area contributed by atoms with E-state index in [1.54, 1.807) is 0 Å². The van der Waals surface area contributed by atoms with Gasteiger partial charge in [-0.05, 0) is 0 Å². The van der Waals surface area contributed by atoms with Crippen molar-refractivity contribution in [3.05, 3.63) is 0 Å². The average Bonchev–Trinajstić information content (AvgIpc) is 2.00. The average molecular weight is 198 g/mol. The quantitative estimate of drug-likeness (QED) is 0.610. The highest BCUT2D eigenvalue weighted by Gasteiger charge is 2.43. The van der Waals surface area contributed by atoms with Crippen LogP contribution in [-0.2, 0) is 0 Å². The molecule has 2 atom stereocenters. The molecule has 15 heavy (non-hydrogen) atoms. The largest absolute Gasteiger partial charge is 0.100 e. The summed E-state index contributed by atoms with van der Waals surface area (Å²) in [7, 11) is 12.6. The summed E-state index contributed by atoms with van der Waals surface area (Å²) in [5.74, 6) is 1.87. The van der Waals surface area contributed by atoms with Crippen LogP contribution >= 0.6 is 0 Å². The molecule has 0 bridgehead atoms. The van der Waals surface area contributed by atoms with Crippen molar-refractivity contribution in [2.75, 3.05) is 0 Å². The van der Waals surface area contributed by atoms with Gasteiger partial charge in [-0.25, -0.2) is 0 Å². The lowest BCUT2D eigenvalue weighted by atomic mass is 9.06. The Morgan fingerprint density at radius 1 is 1.07 bits per heavy atom. The van der Waals surface area contributed by atoms with Gasteiger partial charge in [0.25, 0.3) is 0 Å². The Morgan fingerprint density at radius 3 is 1.80 bits per heavy atom. The van der Waals surface area contributed by atoms with Crippen LogP contribution in [0.15, 0.2) is 0 Å². The Bertz CT molecular complexity index is 209. The molecule has 1 rings (SSSR count). The molecule has 0 amide bonds. The Balaban J connectivity index is 2.59. The molecule has 1 aliphatic carbocycles. The molecule has 1 aliphatic rings. The van der Waals surface area contributed by atoms with E-state index in [0.29, 0.717) is 30.7 Å². The second-order valence-corrected chi connectivity index (χ2v) is 6.62. The molecule has 4 heteroatoms. The molecule has 0 heterocycles. The van der Waals surface area contributed by atoms with Gasteiger partial charge in [0.1, 0.15) is 6.60 Å². The first-order chi connectivity index (χ1) is 6.75. The van der Waals surface area contributed by atoms with Crippen LogP contribution in [0.5, 0.6) is 0 Å². The van der Waals surface area contributed by atoms with Crippen molar-refractivity contribution in [2.24, 2.45) is 0 Å². The highest BCUT2D eigenvalue weighted by Crippen LogP contribution is 2.53. The van der Waals surface area contributed by atoms with Gasteiger partial charge in [-0.2, -0.15) is 0 Å². The van der Waals surface area contributed by atoms with Gasteiger partial charge in [0.2, 0.25) is 0 Å². The van der Waals surface area contributed by atoms with Gasteiger partial charge < -0.3 is 0 Å². The Kier molecular flexibility index (Phi) is 4.12. The van der Waals surface area contributed by atoms with Crippen molar-refractivity contribution in [3.8, 4) is 0 Å². The van der Waals surface area contributed by atoms with Crippen molar-refractivity contribution in [1.82, 2.24) is 0 Å². The molecule has 0 aromatic heterocycles. The lowest BCUT2D eigenvalue weighted by Crippen LogP contribution is -2.44. The second kappa shape index (κ2) is 4.63. The zero-order valence-corrected chi connectivity index (χ0v) is 11.0. The smallest absolute Gasteiger partial charge is 0.0757 e. The fraction of sp³-hybridized carbons (Fsp3) is 1.00. The highest BCUT2D eigenvalue weighted by molar-refractivity contribution is 7.09. The molecule has 0 aromatic carbocycles. The van der Waals surface area contributed by atoms with E-state index in [1.807, 2.05) is 0 Å². The molecule has 4 radical (unpaired) electrons. The molecule has 1 saturated carbocycles. The third kappa shape index (κ3) is 2.88. The van der Waals surface area contributed by atoms with Crippen molar-refractivity contribution in [2.45, 2.75) is 70.2 Å². The van der Waals surface area contributed by atoms with E-state index in [1.165, 1.54) is 12.8 Å². The van der Waals surface area contributed by atoms with Gasteiger partial charge in [0.05, 0.1) is 6.60 Å². The van der Waals surface area contributed by atoms with Crippen molar-refractivity contribution in [1.29, 1.82) is 0 Å². The molecule has 0 aromatic rings. The predicted molar refractivity (Wildman–Crippen MR) is 74.6 cm³/mol. The van der Waals surface area contributed by atoms with E-state index < -0.39 is 0 Å². The summed E-state index contributed by atoms with van der Waals surface area (Å²) in [5, 5.41) is 0.208. The summed E-state index contributed by atoms with van der Waals surface area (Å²) >= 11 is 0. The second-order valence-electron chi connectivity index (χ2n) is 6.62. The van der Waals surface area contributed by atoms with Crippen LogP contribution in [0.25, 0.3) is 0 Å². The van der Waals surface area contributed by atoms with Gasteiger partial charge in [-0.1, -0.05) is 70.2 Å². The SMILES string of the molecule is [B]B(C(C)C)C1CCC1B([B])C(C)(C)C. The zero-order valence-electron chi connectivity index (χ0n) is 11.0. The van der Waals surface area contributed by atoms with Crippen LogP contribution in [0.4, 0.5) is 0 Å². The first kappa shape index (κ1) is 13.3. The van der Waals surface area contributed by atoms with Crippen LogP contribution < -0.4 is 0 Å². The number of hydrogen-bond donors (Lipinski definition) is 0. The van der Waals surface area contributed by atoms with E-state index in [0.717, 1.165) is 0 Å². The predicted octanol–water partition coefficient (Wildman–Crippen LogP) is 3.05. The first-order valence-corrected chi connectivity index (χ1v) is 6.26. The van der Waals surface area contributed by atoms with E-state index in [9.17, 15) is 0 Å². The number of hydrogen-bond acceptors (Lipinski definition) is 0. The normalized spacial score (nSPS) is 26.3. The monoisotopic (exact) mass is 198 g/mol. The minimum atomic E-state index is 0.208. The maximum Gasteiger partial charge on any atom is 0.100 e. The third-order valence-electron chi connectivity index (χ3n) is 4.11. The molecule has 0 spiro atoms. The molecular formula is C11H22B4. The summed E-state index contributed by atoms with van der Waals surface area (Å²) in [6.07, 6.45) is 2.54. The molecule has 0 nitrogen and oxygen atoms in total.